The van der Waals surface area contributed by atoms with E-state index in [2.05, 4.69) is 15.5 Å². The Labute approximate surface area is 185 Å². The highest BCUT2D eigenvalue weighted by molar-refractivity contribution is 7.13. The number of amides is 2. The fourth-order valence-electron chi connectivity index (χ4n) is 3.81. The molecule has 1 atom stereocenters. The van der Waals surface area contributed by atoms with E-state index in [0.29, 0.717) is 25.9 Å². The van der Waals surface area contributed by atoms with Crippen LogP contribution in [0.15, 0.2) is 40.2 Å². The van der Waals surface area contributed by atoms with Gasteiger partial charge in [-0.25, -0.2) is 4.98 Å². The van der Waals surface area contributed by atoms with Crippen molar-refractivity contribution in [2.75, 3.05) is 6.54 Å². The van der Waals surface area contributed by atoms with Gasteiger partial charge >= 0.3 is 0 Å². The van der Waals surface area contributed by atoms with E-state index in [-0.39, 0.29) is 24.3 Å². The molecule has 1 fully saturated rings. The number of carbonyl (C=O) groups excluding carboxylic acids is 2. The summed E-state index contributed by atoms with van der Waals surface area (Å²) in [5.74, 6) is 0.794. The Hall–Kier alpha value is -3.00. The molecule has 8 heteroatoms. The zero-order chi connectivity index (χ0) is 21.8. The van der Waals surface area contributed by atoms with Gasteiger partial charge in [0.2, 0.25) is 11.8 Å². The van der Waals surface area contributed by atoms with Crippen molar-refractivity contribution in [2.24, 2.45) is 0 Å². The number of rotatable bonds is 6. The summed E-state index contributed by atoms with van der Waals surface area (Å²) in [7, 11) is 0. The molecule has 31 heavy (non-hydrogen) atoms. The number of carbonyl (C=O) groups is 2. The highest BCUT2D eigenvalue weighted by Gasteiger charge is 2.25. The topological polar surface area (TPSA) is 88.3 Å². The first-order valence-electron chi connectivity index (χ1n) is 10.5. The molecule has 1 aliphatic rings. The quantitative estimate of drug-likeness (QED) is 0.635. The maximum absolute atomic E-state index is 12.6. The van der Waals surface area contributed by atoms with Crippen LogP contribution in [0.4, 0.5) is 0 Å². The van der Waals surface area contributed by atoms with Gasteiger partial charge < -0.3 is 14.7 Å². The van der Waals surface area contributed by atoms with Crippen molar-refractivity contribution in [1.82, 2.24) is 20.4 Å². The number of hydrogen-bond acceptors (Lipinski definition) is 6. The molecule has 2 amide bonds. The van der Waals surface area contributed by atoms with Crippen LogP contribution in [0, 0.1) is 13.8 Å². The number of nitrogens with one attached hydrogen (secondary N) is 1. The minimum atomic E-state index is -0.0541. The summed E-state index contributed by atoms with van der Waals surface area (Å²) in [4.78, 5) is 31.6. The Morgan fingerprint density at radius 2 is 2.06 bits per heavy atom. The molecule has 4 rings (SSSR count). The van der Waals surface area contributed by atoms with Crippen molar-refractivity contribution in [3.8, 4) is 10.6 Å². The van der Waals surface area contributed by atoms with Gasteiger partial charge in [0.1, 0.15) is 10.8 Å². The molecule has 7 nitrogen and oxygen atoms in total. The molecule has 1 N–H and O–H groups in total. The Bertz CT molecular complexity index is 1040. The van der Waals surface area contributed by atoms with E-state index in [1.54, 1.807) is 11.3 Å². The van der Waals surface area contributed by atoms with Crippen LogP contribution in [0.25, 0.3) is 10.6 Å². The van der Waals surface area contributed by atoms with E-state index in [9.17, 15) is 9.59 Å². The zero-order valence-electron chi connectivity index (χ0n) is 17.8. The maximum Gasteiger partial charge on any atom is 0.226 e. The lowest BCUT2D eigenvalue weighted by molar-refractivity contribution is -0.131. The fourth-order valence-corrected chi connectivity index (χ4v) is 4.64. The van der Waals surface area contributed by atoms with Gasteiger partial charge in [-0.2, -0.15) is 0 Å². The first-order chi connectivity index (χ1) is 15.0. The summed E-state index contributed by atoms with van der Waals surface area (Å²) >= 11 is 1.54. The van der Waals surface area contributed by atoms with E-state index in [1.807, 2.05) is 54.5 Å². The molecule has 0 bridgehead atoms. The number of thiazole rings is 1. The van der Waals surface area contributed by atoms with Gasteiger partial charge in [0, 0.05) is 35.5 Å². The second kappa shape index (κ2) is 9.43. The molecule has 1 aliphatic heterocycles. The molecule has 2 aromatic heterocycles. The number of likely N-dealkylation sites (tertiary alicyclic amines) is 1. The van der Waals surface area contributed by atoms with Crippen molar-refractivity contribution < 1.29 is 14.1 Å². The summed E-state index contributed by atoms with van der Waals surface area (Å²) in [6.45, 7) is 4.85. The average Bonchev–Trinajstić information content (AvgIpc) is 3.31. The van der Waals surface area contributed by atoms with Crippen LogP contribution in [0.2, 0.25) is 0 Å². The van der Waals surface area contributed by atoms with E-state index >= 15 is 0 Å². The van der Waals surface area contributed by atoms with Crippen LogP contribution >= 0.6 is 11.3 Å². The molecular formula is C23H26N4O3S. The first-order valence-corrected chi connectivity index (χ1v) is 11.4. The highest BCUT2D eigenvalue weighted by atomic mass is 32.1. The number of nitrogens with zero attached hydrogens (tertiary/aromatic N) is 3. The lowest BCUT2D eigenvalue weighted by atomic mass is 10.1. The molecular weight excluding hydrogens is 412 g/mol. The van der Waals surface area contributed by atoms with Crippen LogP contribution < -0.4 is 5.32 Å². The molecule has 1 aromatic carbocycles. The predicted octanol–water partition coefficient (Wildman–Crippen LogP) is 3.65. The number of aryl methyl sites for hydroxylation is 2. The number of hydrogen-bond donors (Lipinski definition) is 1. The van der Waals surface area contributed by atoms with Gasteiger partial charge in [0.05, 0.1) is 24.4 Å². The molecule has 0 spiro atoms. The number of aromatic nitrogens is 2. The lowest BCUT2D eigenvalue weighted by Gasteiger charge is -2.21. The van der Waals surface area contributed by atoms with Crippen molar-refractivity contribution in [1.29, 1.82) is 0 Å². The van der Waals surface area contributed by atoms with Crippen molar-refractivity contribution in [3.05, 3.63) is 58.4 Å². The summed E-state index contributed by atoms with van der Waals surface area (Å²) in [6, 6.07) is 9.94. The highest BCUT2D eigenvalue weighted by Crippen LogP contribution is 2.24. The summed E-state index contributed by atoms with van der Waals surface area (Å²) in [5, 5.41) is 9.91. The van der Waals surface area contributed by atoms with Gasteiger partial charge in [-0.15, -0.1) is 11.3 Å². The van der Waals surface area contributed by atoms with Gasteiger partial charge in [0.25, 0.3) is 0 Å². The fraction of sp³-hybridized carbons (Fsp3) is 0.391. The average molecular weight is 439 g/mol. The van der Waals surface area contributed by atoms with Gasteiger partial charge in [-0.05, 0) is 26.7 Å². The minimum Gasteiger partial charge on any atom is -0.361 e. The zero-order valence-corrected chi connectivity index (χ0v) is 18.6. The van der Waals surface area contributed by atoms with E-state index in [4.69, 9.17) is 4.52 Å². The largest absolute Gasteiger partial charge is 0.361 e. The molecule has 1 unspecified atom stereocenters. The first kappa shape index (κ1) is 21.2. The Morgan fingerprint density at radius 1 is 1.26 bits per heavy atom. The molecule has 0 aliphatic carbocycles. The second-order valence-corrected chi connectivity index (χ2v) is 8.75. The summed E-state index contributed by atoms with van der Waals surface area (Å²) < 4.78 is 5.21. The van der Waals surface area contributed by atoms with E-state index < -0.39 is 0 Å². The molecule has 1 saturated heterocycles. The molecule has 162 valence electrons. The maximum atomic E-state index is 12.6. The molecule has 0 radical (unpaired) electrons. The van der Waals surface area contributed by atoms with Gasteiger partial charge in [-0.3, -0.25) is 9.59 Å². The number of benzene rings is 1. The van der Waals surface area contributed by atoms with Crippen LogP contribution in [0.1, 0.15) is 42.0 Å². The van der Waals surface area contributed by atoms with Crippen LogP contribution in [0.3, 0.4) is 0 Å². The third-order valence-electron chi connectivity index (χ3n) is 5.62. The Balaban J connectivity index is 1.31. The van der Waals surface area contributed by atoms with Crippen molar-refractivity contribution in [3.63, 3.8) is 0 Å². The normalized spacial score (nSPS) is 16.9. The SMILES string of the molecule is Cc1noc(C)c1CN1CCC(NC(=O)Cc2csc(-c3ccccc3)n2)CCC1=O. The van der Waals surface area contributed by atoms with E-state index in [0.717, 1.165) is 39.7 Å². The second-order valence-electron chi connectivity index (χ2n) is 7.90. The van der Waals surface area contributed by atoms with Crippen LogP contribution in [0.5, 0.6) is 0 Å². The predicted molar refractivity (Wildman–Crippen MR) is 118 cm³/mol. The monoisotopic (exact) mass is 438 g/mol. The third-order valence-corrected chi connectivity index (χ3v) is 6.56. The van der Waals surface area contributed by atoms with Crippen LogP contribution in [-0.4, -0.2) is 39.4 Å². The van der Waals surface area contributed by atoms with E-state index in [1.165, 1.54) is 0 Å². The molecule has 3 aromatic rings. The smallest absolute Gasteiger partial charge is 0.226 e. The summed E-state index contributed by atoms with van der Waals surface area (Å²) in [6.07, 6.45) is 2.04. The van der Waals surface area contributed by atoms with Crippen LogP contribution in [-0.2, 0) is 22.6 Å². The Morgan fingerprint density at radius 3 is 2.81 bits per heavy atom. The molecule has 3 heterocycles. The standard InChI is InChI=1S/C23H26N4O3S/c1-15-20(16(2)30-26-15)13-27-11-10-18(8-9-22(27)29)24-21(28)12-19-14-31-23(25-19)17-6-4-3-5-7-17/h3-7,14,18H,8-13H2,1-2H3,(H,24,28). The minimum absolute atomic E-state index is 0.0154. The third kappa shape index (κ3) is 5.19. The Kier molecular flexibility index (Phi) is 6.46. The van der Waals surface area contributed by atoms with Crippen molar-refractivity contribution >= 4 is 23.2 Å². The van der Waals surface area contributed by atoms with Gasteiger partial charge in [-0.1, -0.05) is 35.5 Å². The lowest BCUT2D eigenvalue weighted by Crippen LogP contribution is -2.36. The molecule has 0 saturated carbocycles. The summed E-state index contributed by atoms with van der Waals surface area (Å²) in [5.41, 5.74) is 3.61. The van der Waals surface area contributed by atoms with Gasteiger partial charge in [0.15, 0.2) is 0 Å². The van der Waals surface area contributed by atoms with Crippen molar-refractivity contribution in [2.45, 2.75) is 52.1 Å².